The zero-order chi connectivity index (χ0) is 14.9. The second kappa shape index (κ2) is 5.54. The molecule has 1 fully saturated rings. The molecule has 2 atom stereocenters. The van der Waals surface area contributed by atoms with Crippen molar-refractivity contribution in [2.45, 2.75) is 19.1 Å². The number of carbonyl (C=O) groups excluding carboxylic acids is 1. The normalized spacial score (nSPS) is 22.6. The van der Waals surface area contributed by atoms with Gasteiger partial charge in [-0.3, -0.25) is 4.79 Å². The fraction of sp³-hybridized carbons (Fsp3) is 0.385. The van der Waals surface area contributed by atoms with Crippen LogP contribution in [0.2, 0.25) is 0 Å². The number of carboxylic acid groups (broad SMARTS) is 1. The minimum Gasteiger partial charge on any atom is -0.479 e. The Balaban J connectivity index is 2.23. The van der Waals surface area contributed by atoms with Crippen LogP contribution in [0.25, 0.3) is 0 Å². The minimum absolute atomic E-state index is 0.124. The Morgan fingerprint density at radius 1 is 1.35 bits per heavy atom. The van der Waals surface area contributed by atoms with Crippen LogP contribution < -0.4 is 0 Å². The molecule has 108 valence electrons. The van der Waals surface area contributed by atoms with Gasteiger partial charge in [0.25, 0.3) is 5.91 Å². The zero-order valence-corrected chi connectivity index (χ0v) is 10.7. The number of halogens is 2. The quantitative estimate of drug-likeness (QED) is 0.889. The lowest BCUT2D eigenvalue weighted by Crippen LogP contribution is -2.51. The number of rotatable bonds is 2. The van der Waals surface area contributed by atoms with Gasteiger partial charge in [0.05, 0.1) is 18.2 Å². The fourth-order valence-electron chi connectivity index (χ4n) is 2.09. The number of nitrogens with zero attached hydrogens (tertiary/aromatic N) is 1. The molecule has 0 saturated carbocycles. The zero-order valence-electron chi connectivity index (χ0n) is 10.7. The topological polar surface area (TPSA) is 66.8 Å². The van der Waals surface area contributed by atoms with E-state index in [2.05, 4.69) is 0 Å². The molecular formula is C13H13F2NO4. The lowest BCUT2D eigenvalue weighted by molar-refractivity contribution is -0.160. The lowest BCUT2D eigenvalue weighted by atomic mass is 10.1. The lowest BCUT2D eigenvalue weighted by Gasteiger charge is -2.35. The summed E-state index contributed by atoms with van der Waals surface area (Å²) in [7, 11) is 0. The Hall–Kier alpha value is -2.02. The van der Waals surface area contributed by atoms with Crippen LogP contribution in [-0.2, 0) is 9.53 Å². The Bertz CT molecular complexity index is 549. The van der Waals surface area contributed by atoms with E-state index < -0.39 is 41.3 Å². The van der Waals surface area contributed by atoms with E-state index in [1.165, 1.54) is 0 Å². The molecule has 1 heterocycles. The Morgan fingerprint density at radius 3 is 2.70 bits per heavy atom. The average molecular weight is 285 g/mol. The van der Waals surface area contributed by atoms with E-state index in [-0.39, 0.29) is 13.1 Å². The molecule has 1 amide bonds. The van der Waals surface area contributed by atoms with Gasteiger partial charge >= 0.3 is 5.97 Å². The van der Waals surface area contributed by atoms with Crippen molar-refractivity contribution < 1.29 is 28.2 Å². The summed E-state index contributed by atoms with van der Waals surface area (Å²) in [6.07, 6.45) is -1.66. The van der Waals surface area contributed by atoms with Gasteiger partial charge in [0, 0.05) is 6.54 Å². The summed E-state index contributed by atoms with van der Waals surface area (Å²) in [5.41, 5.74) is -0.414. The summed E-state index contributed by atoms with van der Waals surface area (Å²) in [5.74, 6) is -3.52. The van der Waals surface area contributed by atoms with E-state index in [4.69, 9.17) is 9.84 Å². The van der Waals surface area contributed by atoms with Gasteiger partial charge < -0.3 is 14.7 Å². The molecule has 0 bridgehead atoms. The summed E-state index contributed by atoms with van der Waals surface area (Å²) in [5, 5.41) is 8.93. The van der Waals surface area contributed by atoms with Crippen LogP contribution in [-0.4, -0.2) is 47.2 Å². The van der Waals surface area contributed by atoms with Gasteiger partial charge in [-0.1, -0.05) is 0 Å². The molecule has 1 aromatic carbocycles. The van der Waals surface area contributed by atoms with Crippen LogP contribution in [0.1, 0.15) is 17.3 Å². The molecule has 1 saturated heterocycles. The highest BCUT2D eigenvalue weighted by Crippen LogP contribution is 2.17. The second-order valence-corrected chi connectivity index (χ2v) is 4.61. The molecule has 2 rings (SSSR count). The summed E-state index contributed by atoms with van der Waals surface area (Å²) in [6.45, 7) is 1.53. The third-order valence-corrected chi connectivity index (χ3v) is 2.98. The molecule has 5 nitrogen and oxygen atoms in total. The van der Waals surface area contributed by atoms with E-state index in [1.807, 2.05) is 0 Å². The van der Waals surface area contributed by atoms with Crippen molar-refractivity contribution in [3.63, 3.8) is 0 Å². The molecular weight excluding hydrogens is 272 g/mol. The standard InChI is InChI=1S/C13H13F2NO4/c1-7-5-16(6-11(20-7)13(18)19)12(17)9-4-8(14)2-3-10(9)15/h2-4,7,11H,5-6H2,1H3,(H,18,19)/t7-,11?/m1/s1. The van der Waals surface area contributed by atoms with E-state index in [0.29, 0.717) is 0 Å². The first-order chi connectivity index (χ1) is 9.38. The molecule has 7 heteroatoms. The number of benzene rings is 1. The van der Waals surface area contributed by atoms with Crippen LogP contribution in [0.3, 0.4) is 0 Å². The van der Waals surface area contributed by atoms with Gasteiger partial charge in [0.2, 0.25) is 0 Å². The molecule has 0 radical (unpaired) electrons. The molecule has 20 heavy (non-hydrogen) atoms. The average Bonchev–Trinajstić information content (AvgIpc) is 2.40. The SMILES string of the molecule is C[C@@H]1CN(C(=O)c2cc(F)ccc2F)CC(C(=O)O)O1. The third-order valence-electron chi connectivity index (χ3n) is 2.98. The van der Waals surface area contributed by atoms with Crippen molar-refractivity contribution in [1.29, 1.82) is 0 Å². The van der Waals surface area contributed by atoms with Gasteiger partial charge in [-0.05, 0) is 25.1 Å². The largest absolute Gasteiger partial charge is 0.479 e. The van der Waals surface area contributed by atoms with Crippen molar-refractivity contribution in [3.05, 3.63) is 35.4 Å². The van der Waals surface area contributed by atoms with Gasteiger partial charge in [-0.15, -0.1) is 0 Å². The van der Waals surface area contributed by atoms with Crippen LogP contribution in [0.5, 0.6) is 0 Å². The van der Waals surface area contributed by atoms with Gasteiger partial charge in [-0.25, -0.2) is 13.6 Å². The predicted octanol–water partition coefficient (Wildman–Crippen LogP) is 1.28. The van der Waals surface area contributed by atoms with Crippen molar-refractivity contribution in [1.82, 2.24) is 4.90 Å². The maximum absolute atomic E-state index is 13.6. The smallest absolute Gasteiger partial charge is 0.334 e. The highest BCUT2D eigenvalue weighted by Gasteiger charge is 2.33. The monoisotopic (exact) mass is 285 g/mol. The molecule has 0 spiro atoms. The number of aliphatic carboxylic acids is 1. The summed E-state index contributed by atoms with van der Waals surface area (Å²) >= 11 is 0. The number of morpholine rings is 1. The van der Waals surface area contributed by atoms with E-state index in [1.54, 1.807) is 6.92 Å². The first-order valence-corrected chi connectivity index (χ1v) is 6.01. The van der Waals surface area contributed by atoms with Crippen LogP contribution in [0.15, 0.2) is 18.2 Å². The van der Waals surface area contributed by atoms with Gasteiger partial charge in [0.15, 0.2) is 6.10 Å². The molecule has 1 unspecified atom stereocenters. The summed E-state index contributed by atoms with van der Waals surface area (Å²) in [4.78, 5) is 24.2. The highest BCUT2D eigenvalue weighted by atomic mass is 19.1. The first kappa shape index (κ1) is 14.4. The van der Waals surface area contributed by atoms with Crippen molar-refractivity contribution >= 4 is 11.9 Å². The molecule has 0 aromatic heterocycles. The molecule has 1 aromatic rings. The van der Waals surface area contributed by atoms with E-state index in [9.17, 15) is 18.4 Å². The molecule has 1 aliphatic rings. The highest BCUT2D eigenvalue weighted by molar-refractivity contribution is 5.95. The fourth-order valence-corrected chi connectivity index (χ4v) is 2.09. The second-order valence-electron chi connectivity index (χ2n) is 4.61. The molecule has 1 aliphatic heterocycles. The third kappa shape index (κ3) is 2.93. The number of ether oxygens (including phenoxy) is 1. The Kier molecular flexibility index (Phi) is 3.99. The van der Waals surface area contributed by atoms with Crippen molar-refractivity contribution in [2.24, 2.45) is 0 Å². The first-order valence-electron chi connectivity index (χ1n) is 6.01. The summed E-state index contributed by atoms with van der Waals surface area (Å²) < 4.78 is 31.8. The minimum atomic E-state index is -1.20. The van der Waals surface area contributed by atoms with E-state index in [0.717, 1.165) is 23.1 Å². The number of hydrogen-bond acceptors (Lipinski definition) is 3. The van der Waals surface area contributed by atoms with E-state index >= 15 is 0 Å². The number of carbonyl (C=O) groups is 2. The predicted molar refractivity (Wildman–Crippen MR) is 64.2 cm³/mol. The molecule has 0 aliphatic carbocycles. The summed E-state index contributed by atoms with van der Waals surface area (Å²) in [6, 6.07) is 2.57. The van der Waals surface area contributed by atoms with Gasteiger partial charge in [0.1, 0.15) is 11.6 Å². The number of carboxylic acids is 1. The van der Waals surface area contributed by atoms with Gasteiger partial charge in [-0.2, -0.15) is 0 Å². The molecule has 1 N–H and O–H groups in total. The van der Waals surface area contributed by atoms with Crippen molar-refractivity contribution in [2.75, 3.05) is 13.1 Å². The van der Waals surface area contributed by atoms with Crippen molar-refractivity contribution in [3.8, 4) is 0 Å². The number of amides is 1. The van der Waals surface area contributed by atoms with Crippen LogP contribution >= 0.6 is 0 Å². The maximum atomic E-state index is 13.6. The van der Waals surface area contributed by atoms with Crippen LogP contribution in [0, 0.1) is 11.6 Å². The van der Waals surface area contributed by atoms with Crippen LogP contribution in [0.4, 0.5) is 8.78 Å². The Morgan fingerprint density at radius 2 is 2.05 bits per heavy atom. The maximum Gasteiger partial charge on any atom is 0.334 e. The Labute approximate surface area is 113 Å². The number of hydrogen-bond donors (Lipinski definition) is 1.